The van der Waals surface area contributed by atoms with Gasteiger partial charge in [0, 0.05) is 12.1 Å². The van der Waals surface area contributed by atoms with Crippen LogP contribution in [0.3, 0.4) is 0 Å². The van der Waals surface area contributed by atoms with E-state index in [0.717, 1.165) is 12.8 Å². The van der Waals surface area contributed by atoms with Crippen molar-refractivity contribution in [2.24, 2.45) is 11.1 Å². The van der Waals surface area contributed by atoms with Crippen LogP contribution in [0, 0.1) is 5.41 Å². The lowest BCUT2D eigenvalue weighted by Crippen LogP contribution is -2.34. The largest absolute Gasteiger partial charge is 0.389 e. The summed E-state index contributed by atoms with van der Waals surface area (Å²) in [5.74, 6) is 0. The van der Waals surface area contributed by atoms with E-state index in [0.29, 0.717) is 12.1 Å². The normalized spacial score (nSPS) is 18.1. The second-order valence-electron chi connectivity index (χ2n) is 5.73. The SMILES string of the molecule is CC1(CNS(=O)(=O)c2ccc(C(N)=S)cc2)CCCC1. The minimum Gasteiger partial charge on any atom is -0.389 e. The monoisotopic (exact) mass is 312 g/mol. The summed E-state index contributed by atoms with van der Waals surface area (Å²) in [5, 5.41) is 0. The molecule has 0 aromatic heterocycles. The first kappa shape index (κ1) is 15.4. The van der Waals surface area contributed by atoms with Crippen LogP contribution in [0.25, 0.3) is 0 Å². The topological polar surface area (TPSA) is 72.2 Å². The van der Waals surface area contributed by atoms with Gasteiger partial charge in [0.15, 0.2) is 0 Å². The zero-order valence-corrected chi connectivity index (χ0v) is 13.2. The van der Waals surface area contributed by atoms with Crippen LogP contribution in [0.1, 0.15) is 38.2 Å². The molecule has 2 rings (SSSR count). The van der Waals surface area contributed by atoms with E-state index in [1.807, 2.05) is 0 Å². The average Bonchev–Trinajstić information content (AvgIpc) is 2.84. The molecule has 1 aliphatic carbocycles. The molecule has 1 aromatic carbocycles. The van der Waals surface area contributed by atoms with Crippen LogP contribution in [0.15, 0.2) is 29.2 Å². The van der Waals surface area contributed by atoms with Gasteiger partial charge in [0.1, 0.15) is 4.99 Å². The van der Waals surface area contributed by atoms with E-state index in [1.165, 1.54) is 25.0 Å². The summed E-state index contributed by atoms with van der Waals surface area (Å²) in [6, 6.07) is 6.34. The van der Waals surface area contributed by atoms with Gasteiger partial charge in [0.2, 0.25) is 10.0 Å². The highest BCUT2D eigenvalue weighted by Gasteiger charge is 2.30. The van der Waals surface area contributed by atoms with Crippen molar-refractivity contribution >= 4 is 27.2 Å². The minimum atomic E-state index is -3.46. The first-order valence-corrected chi connectivity index (χ1v) is 8.61. The van der Waals surface area contributed by atoms with E-state index >= 15 is 0 Å². The van der Waals surface area contributed by atoms with Crippen molar-refractivity contribution < 1.29 is 8.42 Å². The minimum absolute atomic E-state index is 0.0891. The zero-order chi connectivity index (χ0) is 14.8. The maximum atomic E-state index is 12.2. The van der Waals surface area contributed by atoms with E-state index in [9.17, 15) is 8.42 Å². The Hall–Kier alpha value is -0.980. The van der Waals surface area contributed by atoms with Gasteiger partial charge in [-0.15, -0.1) is 0 Å². The van der Waals surface area contributed by atoms with Crippen LogP contribution >= 0.6 is 12.2 Å². The van der Waals surface area contributed by atoms with Crippen molar-refractivity contribution in [2.45, 2.75) is 37.5 Å². The fourth-order valence-electron chi connectivity index (χ4n) is 2.56. The molecule has 0 unspecified atom stereocenters. The lowest BCUT2D eigenvalue weighted by molar-refractivity contribution is 0.336. The number of nitrogens with two attached hydrogens (primary N) is 1. The lowest BCUT2D eigenvalue weighted by Gasteiger charge is -2.23. The third-order valence-corrected chi connectivity index (χ3v) is 5.60. The molecule has 0 spiro atoms. The van der Waals surface area contributed by atoms with Crippen molar-refractivity contribution in [3.8, 4) is 0 Å². The predicted octanol–water partition coefficient (Wildman–Crippen LogP) is 2.18. The molecule has 0 amide bonds. The molecule has 6 heteroatoms. The molecule has 110 valence electrons. The second kappa shape index (κ2) is 5.79. The third kappa shape index (κ3) is 3.56. The van der Waals surface area contributed by atoms with E-state index in [-0.39, 0.29) is 15.3 Å². The molecule has 1 aromatic rings. The fourth-order valence-corrected chi connectivity index (χ4v) is 3.89. The molecular formula is C14H20N2O2S2. The highest BCUT2D eigenvalue weighted by atomic mass is 32.2. The van der Waals surface area contributed by atoms with Gasteiger partial charge in [-0.1, -0.05) is 44.1 Å². The maximum absolute atomic E-state index is 12.2. The predicted molar refractivity (Wildman–Crippen MR) is 84.1 cm³/mol. The smallest absolute Gasteiger partial charge is 0.240 e. The zero-order valence-electron chi connectivity index (χ0n) is 11.6. The molecular weight excluding hydrogens is 292 g/mol. The molecule has 1 aliphatic rings. The molecule has 0 saturated heterocycles. The molecule has 3 N–H and O–H groups in total. The Kier molecular flexibility index (Phi) is 4.46. The number of rotatable bonds is 5. The molecule has 0 aliphatic heterocycles. The summed E-state index contributed by atoms with van der Waals surface area (Å²) in [6.07, 6.45) is 4.52. The Balaban J connectivity index is 2.08. The quantitative estimate of drug-likeness (QED) is 0.818. The Morgan fingerprint density at radius 2 is 1.85 bits per heavy atom. The first-order valence-electron chi connectivity index (χ1n) is 6.72. The van der Waals surface area contributed by atoms with Crippen LogP contribution in [0.2, 0.25) is 0 Å². The number of hydrogen-bond acceptors (Lipinski definition) is 3. The summed E-state index contributed by atoms with van der Waals surface area (Å²) in [5.41, 5.74) is 6.26. The van der Waals surface area contributed by atoms with Gasteiger partial charge in [-0.25, -0.2) is 13.1 Å². The molecule has 0 radical (unpaired) electrons. The number of hydrogen-bond donors (Lipinski definition) is 2. The van der Waals surface area contributed by atoms with Crippen molar-refractivity contribution in [1.29, 1.82) is 0 Å². The molecule has 20 heavy (non-hydrogen) atoms. The van der Waals surface area contributed by atoms with Crippen LogP contribution in [0.5, 0.6) is 0 Å². The average molecular weight is 312 g/mol. The highest BCUT2D eigenvalue weighted by Crippen LogP contribution is 2.36. The van der Waals surface area contributed by atoms with Gasteiger partial charge in [-0.2, -0.15) is 0 Å². The van der Waals surface area contributed by atoms with Gasteiger partial charge in [-0.05, 0) is 30.4 Å². The van der Waals surface area contributed by atoms with E-state index in [2.05, 4.69) is 11.6 Å². The molecule has 0 bridgehead atoms. The van der Waals surface area contributed by atoms with E-state index in [4.69, 9.17) is 18.0 Å². The number of thiocarbonyl (C=S) groups is 1. The molecule has 4 nitrogen and oxygen atoms in total. The van der Waals surface area contributed by atoms with E-state index < -0.39 is 10.0 Å². The van der Waals surface area contributed by atoms with E-state index in [1.54, 1.807) is 12.1 Å². The van der Waals surface area contributed by atoms with Gasteiger partial charge in [0.25, 0.3) is 0 Å². The van der Waals surface area contributed by atoms with Crippen LogP contribution in [-0.2, 0) is 10.0 Å². The fraction of sp³-hybridized carbons (Fsp3) is 0.500. The van der Waals surface area contributed by atoms with Gasteiger partial charge in [-0.3, -0.25) is 0 Å². The maximum Gasteiger partial charge on any atom is 0.240 e. The standard InChI is InChI=1S/C14H20N2O2S2/c1-14(8-2-3-9-14)10-16-20(17,18)12-6-4-11(5-7-12)13(15)19/h4-7,16H,2-3,8-10H2,1H3,(H2,15,19). The molecule has 1 saturated carbocycles. The van der Waals surface area contributed by atoms with Gasteiger partial charge >= 0.3 is 0 Å². The molecule has 0 atom stereocenters. The van der Waals surface area contributed by atoms with Crippen molar-refractivity contribution in [3.05, 3.63) is 29.8 Å². The van der Waals surface area contributed by atoms with Crippen LogP contribution in [-0.4, -0.2) is 20.0 Å². The summed E-state index contributed by atoms with van der Waals surface area (Å²) < 4.78 is 27.2. The Labute approximate surface area is 125 Å². The van der Waals surface area contributed by atoms with Gasteiger partial charge < -0.3 is 5.73 Å². The number of sulfonamides is 1. The Morgan fingerprint density at radius 3 is 2.35 bits per heavy atom. The highest BCUT2D eigenvalue weighted by molar-refractivity contribution is 7.89. The van der Waals surface area contributed by atoms with Crippen molar-refractivity contribution in [2.75, 3.05) is 6.54 Å². The Bertz CT molecular complexity index is 588. The number of nitrogens with one attached hydrogen (secondary N) is 1. The lowest BCUT2D eigenvalue weighted by atomic mass is 9.89. The van der Waals surface area contributed by atoms with Crippen molar-refractivity contribution in [3.63, 3.8) is 0 Å². The molecule has 1 fully saturated rings. The van der Waals surface area contributed by atoms with Crippen molar-refractivity contribution in [1.82, 2.24) is 4.72 Å². The first-order chi connectivity index (χ1) is 9.32. The Morgan fingerprint density at radius 1 is 1.30 bits per heavy atom. The summed E-state index contributed by atoms with van der Waals surface area (Å²) in [7, 11) is -3.46. The number of benzene rings is 1. The summed E-state index contributed by atoms with van der Waals surface area (Å²) in [4.78, 5) is 0.513. The second-order valence-corrected chi connectivity index (χ2v) is 7.94. The van der Waals surface area contributed by atoms with Crippen LogP contribution < -0.4 is 10.5 Å². The van der Waals surface area contributed by atoms with Gasteiger partial charge in [0.05, 0.1) is 4.90 Å². The van der Waals surface area contributed by atoms with Crippen LogP contribution in [0.4, 0.5) is 0 Å². The molecule has 0 heterocycles. The third-order valence-electron chi connectivity index (χ3n) is 3.95. The summed E-state index contributed by atoms with van der Waals surface area (Å²) >= 11 is 4.85. The summed E-state index contributed by atoms with van der Waals surface area (Å²) in [6.45, 7) is 2.63.